The van der Waals surface area contributed by atoms with E-state index < -0.39 is 6.04 Å². The van der Waals surface area contributed by atoms with E-state index in [2.05, 4.69) is 44.8 Å². The van der Waals surface area contributed by atoms with Gasteiger partial charge in [-0.15, -0.1) is 0 Å². The van der Waals surface area contributed by atoms with Gasteiger partial charge in [0.1, 0.15) is 5.75 Å². The van der Waals surface area contributed by atoms with Crippen LogP contribution < -0.4 is 15.4 Å². The van der Waals surface area contributed by atoms with Gasteiger partial charge in [-0.1, -0.05) is 48.5 Å². The molecule has 0 aliphatic carbocycles. The molecule has 0 bridgehead atoms. The minimum absolute atomic E-state index is 0.0773. The van der Waals surface area contributed by atoms with Gasteiger partial charge in [0.2, 0.25) is 0 Å². The first-order valence-corrected chi connectivity index (χ1v) is 13.8. The van der Waals surface area contributed by atoms with Crippen molar-refractivity contribution in [3.8, 4) is 16.9 Å². The van der Waals surface area contributed by atoms with Crippen LogP contribution in [0.2, 0.25) is 0 Å². The van der Waals surface area contributed by atoms with Gasteiger partial charge in [-0.25, -0.2) is 0 Å². The third-order valence-electron chi connectivity index (χ3n) is 7.19. The Balaban J connectivity index is 1.34. The van der Waals surface area contributed by atoms with E-state index >= 15 is 0 Å². The number of hydrogen-bond acceptors (Lipinski definition) is 5. The third-order valence-corrected chi connectivity index (χ3v) is 7.19. The summed E-state index contributed by atoms with van der Waals surface area (Å²) in [6.07, 6.45) is 2.38. The molecule has 1 aliphatic heterocycles. The highest BCUT2D eigenvalue weighted by atomic mass is 16.5. The Kier molecular flexibility index (Phi) is 8.61. The number of aromatic amines is 1. The van der Waals surface area contributed by atoms with Crippen LogP contribution in [0.25, 0.3) is 22.0 Å². The number of rotatable bonds is 10. The molecule has 0 unspecified atom stereocenters. The van der Waals surface area contributed by atoms with Crippen molar-refractivity contribution in [2.75, 3.05) is 32.8 Å². The lowest BCUT2D eigenvalue weighted by atomic mass is 10.00. The molecule has 1 aromatic heterocycles. The lowest BCUT2D eigenvalue weighted by molar-refractivity contribution is 0.0910. The molecule has 0 saturated carbocycles. The van der Waals surface area contributed by atoms with Gasteiger partial charge in [0, 0.05) is 49.8 Å². The van der Waals surface area contributed by atoms with Crippen molar-refractivity contribution < 1.29 is 14.6 Å². The predicted molar refractivity (Wildman–Crippen MR) is 156 cm³/mol. The first kappa shape index (κ1) is 26.9. The van der Waals surface area contributed by atoms with Crippen LogP contribution in [0.15, 0.2) is 72.9 Å². The Morgan fingerprint density at radius 3 is 2.51 bits per heavy atom. The van der Waals surface area contributed by atoms with Gasteiger partial charge in [-0.05, 0) is 60.7 Å². The van der Waals surface area contributed by atoms with E-state index in [9.17, 15) is 9.90 Å². The SMILES string of the molecule is CC(C)Oc1ccc(-c2ccc(CN3CCNCC3)cc2)cc1C(=O)N[C@@H](CO)Cc1c[nH]c2ccccc12. The van der Waals surface area contributed by atoms with Crippen molar-refractivity contribution in [1.82, 2.24) is 20.5 Å². The maximum absolute atomic E-state index is 13.5. The van der Waals surface area contributed by atoms with Crippen molar-refractivity contribution in [3.63, 3.8) is 0 Å². The second kappa shape index (κ2) is 12.5. The Morgan fingerprint density at radius 1 is 1.03 bits per heavy atom. The van der Waals surface area contributed by atoms with E-state index in [-0.39, 0.29) is 18.6 Å². The number of aromatic nitrogens is 1. The van der Waals surface area contributed by atoms with Crippen molar-refractivity contribution in [1.29, 1.82) is 0 Å². The number of para-hydroxylation sites is 1. The Hall–Kier alpha value is -3.65. The molecule has 2 heterocycles. The van der Waals surface area contributed by atoms with Gasteiger partial charge >= 0.3 is 0 Å². The van der Waals surface area contributed by atoms with E-state index in [1.165, 1.54) is 5.56 Å². The number of hydrogen-bond donors (Lipinski definition) is 4. The molecule has 204 valence electrons. The Bertz CT molecular complexity index is 1390. The maximum atomic E-state index is 13.5. The highest BCUT2D eigenvalue weighted by Gasteiger charge is 2.20. The number of fused-ring (bicyclic) bond motifs is 1. The average Bonchev–Trinajstić information content (AvgIpc) is 3.36. The highest BCUT2D eigenvalue weighted by Crippen LogP contribution is 2.28. The molecule has 0 spiro atoms. The average molecular weight is 527 g/mol. The molecular weight excluding hydrogens is 488 g/mol. The molecule has 7 heteroatoms. The van der Waals surface area contributed by atoms with E-state index in [0.29, 0.717) is 17.7 Å². The van der Waals surface area contributed by atoms with Crippen molar-refractivity contribution >= 4 is 16.8 Å². The fraction of sp³-hybridized carbons (Fsp3) is 0.344. The van der Waals surface area contributed by atoms with Gasteiger partial charge < -0.3 is 25.5 Å². The number of amides is 1. The van der Waals surface area contributed by atoms with Crippen LogP contribution in [0, 0.1) is 0 Å². The monoisotopic (exact) mass is 526 g/mol. The molecular formula is C32H38N4O3. The summed E-state index contributed by atoms with van der Waals surface area (Å²) in [5.41, 5.74) is 5.82. The number of nitrogens with zero attached hydrogens (tertiary/aromatic N) is 1. The molecule has 7 nitrogen and oxygen atoms in total. The first-order chi connectivity index (χ1) is 19.0. The van der Waals surface area contributed by atoms with Gasteiger partial charge in [-0.3, -0.25) is 9.69 Å². The molecule has 1 aliphatic rings. The van der Waals surface area contributed by atoms with Crippen LogP contribution in [0.3, 0.4) is 0 Å². The van der Waals surface area contributed by atoms with Crippen LogP contribution >= 0.6 is 0 Å². The molecule has 4 aromatic rings. The minimum atomic E-state index is -0.434. The molecule has 1 amide bonds. The van der Waals surface area contributed by atoms with Crippen molar-refractivity contribution in [2.45, 2.75) is 39.0 Å². The van der Waals surface area contributed by atoms with E-state index in [1.807, 2.05) is 62.5 Å². The summed E-state index contributed by atoms with van der Waals surface area (Å²) < 4.78 is 6.00. The molecule has 1 atom stereocenters. The number of H-pyrrole nitrogens is 1. The Labute approximate surface area is 230 Å². The minimum Gasteiger partial charge on any atom is -0.490 e. The van der Waals surface area contributed by atoms with E-state index in [0.717, 1.165) is 60.3 Å². The first-order valence-electron chi connectivity index (χ1n) is 13.8. The highest BCUT2D eigenvalue weighted by molar-refractivity contribution is 5.98. The van der Waals surface area contributed by atoms with Crippen molar-refractivity contribution in [2.24, 2.45) is 0 Å². The number of aliphatic hydroxyl groups excluding tert-OH is 1. The molecule has 4 N–H and O–H groups in total. The number of aliphatic hydroxyl groups is 1. The zero-order valence-electron chi connectivity index (χ0n) is 22.7. The number of carbonyl (C=O) groups is 1. The lowest BCUT2D eigenvalue weighted by Crippen LogP contribution is -2.42. The van der Waals surface area contributed by atoms with Gasteiger partial charge in [0.05, 0.1) is 24.3 Å². The standard InChI is InChI=1S/C32H38N4O3/c1-22(2)39-31-12-11-25(24-9-7-23(8-10-24)20-36-15-13-33-14-16-36)18-29(31)32(38)35-27(21-37)17-26-19-34-30-6-4-3-5-28(26)30/h3-12,18-19,22,27,33-34,37H,13-17,20-21H2,1-2H3,(H,35,38)/t27-/m1/s1. The maximum Gasteiger partial charge on any atom is 0.255 e. The second-order valence-corrected chi connectivity index (χ2v) is 10.5. The number of piperazine rings is 1. The number of carbonyl (C=O) groups excluding carboxylic acids is 1. The number of nitrogens with one attached hydrogen (secondary N) is 3. The zero-order valence-corrected chi connectivity index (χ0v) is 22.7. The largest absolute Gasteiger partial charge is 0.490 e. The summed E-state index contributed by atoms with van der Waals surface area (Å²) in [7, 11) is 0. The summed E-state index contributed by atoms with van der Waals surface area (Å²) in [5.74, 6) is 0.270. The molecule has 1 saturated heterocycles. The smallest absolute Gasteiger partial charge is 0.255 e. The summed E-state index contributed by atoms with van der Waals surface area (Å²) in [6.45, 7) is 8.86. The molecule has 1 fully saturated rings. The number of benzene rings is 3. The van der Waals surface area contributed by atoms with Crippen molar-refractivity contribution in [3.05, 3.63) is 89.6 Å². The fourth-order valence-electron chi connectivity index (χ4n) is 5.16. The van der Waals surface area contributed by atoms with Crippen LogP contribution in [0.5, 0.6) is 5.75 Å². The Morgan fingerprint density at radius 2 is 1.77 bits per heavy atom. The zero-order chi connectivity index (χ0) is 27.2. The lowest BCUT2D eigenvalue weighted by Gasteiger charge is -2.27. The fourth-order valence-corrected chi connectivity index (χ4v) is 5.16. The summed E-state index contributed by atoms with van der Waals surface area (Å²) >= 11 is 0. The quantitative estimate of drug-likeness (QED) is 0.247. The van der Waals surface area contributed by atoms with Gasteiger partial charge in [0.15, 0.2) is 0 Å². The topological polar surface area (TPSA) is 89.6 Å². The van der Waals surface area contributed by atoms with Crippen LogP contribution in [-0.4, -0.2) is 65.8 Å². The molecule has 3 aromatic carbocycles. The summed E-state index contributed by atoms with van der Waals surface area (Å²) in [4.78, 5) is 19.3. The predicted octanol–water partition coefficient (Wildman–Crippen LogP) is 4.36. The molecule has 39 heavy (non-hydrogen) atoms. The van der Waals surface area contributed by atoms with Crippen LogP contribution in [0.4, 0.5) is 0 Å². The van der Waals surface area contributed by atoms with E-state index in [4.69, 9.17) is 4.74 Å². The number of ether oxygens (including phenoxy) is 1. The van der Waals surface area contributed by atoms with E-state index in [1.54, 1.807) is 0 Å². The summed E-state index contributed by atoms with van der Waals surface area (Å²) in [6, 6.07) is 21.9. The molecule has 5 rings (SSSR count). The molecule has 0 radical (unpaired) electrons. The second-order valence-electron chi connectivity index (χ2n) is 10.5. The van der Waals surface area contributed by atoms with Gasteiger partial charge in [-0.2, -0.15) is 0 Å². The van der Waals surface area contributed by atoms with Crippen LogP contribution in [0.1, 0.15) is 35.3 Å². The van der Waals surface area contributed by atoms with Crippen LogP contribution in [-0.2, 0) is 13.0 Å². The van der Waals surface area contributed by atoms with Gasteiger partial charge in [0.25, 0.3) is 5.91 Å². The normalized spacial score (nSPS) is 15.0. The third kappa shape index (κ3) is 6.68. The summed E-state index contributed by atoms with van der Waals surface area (Å²) in [5, 5.41) is 17.6.